The highest BCUT2D eigenvalue weighted by Gasteiger charge is 2.08. The molecule has 1 aromatic carbocycles. The third-order valence-electron chi connectivity index (χ3n) is 3.36. The first kappa shape index (κ1) is 17.7. The lowest BCUT2D eigenvalue weighted by molar-refractivity contribution is -0.120. The van der Waals surface area contributed by atoms with Crippen LogP contribution in [0.2, 0.25) is 0 Å². The standard InChI is InChI=1S/C18H22N2O4/c21-17(13-20-18(22)16-8-12-24-14-16)19-9-4-10-23-11-7-15-5-2-1-3-6-15/h1-3,5-6,8,12,14H,4,7,9-11,13H2,(H,19,21)(H,20,22). The first-order valence-corrected chi connectivity index (χ1v) is 7.94. The van der Waals surface area contributed by atoms with Gasteiger partial charge in [0, 0.05) is 13.2 Å². The largest absolute Gasteiger partial charge is 0.472 e. The second-order valence-electron chi connectivity index (χ2n) is 5.25. The molecule has 1 aromatic heterocycles. The first-order chi connectivity index (χ1) is 11.8. The number of benzene rings is 1. The Hall–Kier alpha value is -2.60. The molecule has 6 nitrogen and oxygen atoms in total. The Bertz CT molecular complexity index is 611. The summed E-state index contributed by atoms with van der Waals surface area (Å²) < 4.78 is 10.3. The van der Waals surface area contributed by atoms with Crippen molar-refractivity contribution in [1.29, 1.82) is 0 Å². The van der Waals surface area contributed by atoms with Crippen molar-refractivity contribution in [3.8, 4) is 0 Å². The monoisotopic (exact) mass is 330 g/mol. The Morgan fingerprint density at radius 2 is 1.88 bits per heavy atom. The van der Waals surface area contributed by atoms with E-state index in [9.17, 15) is 9.59 Å². The molecular formula is C18H22N2O4. The van der Waals surface area contributed by atoms with Crippen LogP contribution >= 0.6 is 0 Å². The Morgan fingerprint density at radius 3 is 2.62 bits per heavy atom. The number of ether oxygens (including phenoxy) is 1. The summed E-state index contributed by atoms with van der Waals surface area (Å²) in [7, 11) is 0. The molecule has 0 unspecified atom stereocenters. The van der Waals surface area contributed by atoms with Crippen LogP contribution in [0.5, 0.6) is 0 Å². The van der Waals surface area contributed by atoms with Crippen molar-refractivity contribution in [2.24, 2.45) is 0 Å². The average Bonchev–Trinajstić information content (AvgIpc) is 3.14. The normalized spacial score (nSPS) is 10.3. The summed E-state index contributed by atoms with van der Waals surface area (Å²) in [6, 6.07) is 11.7. The van der Waals surface area contributed by atoms with Crippen molar-refractivity contribution in [2.75, 3.05) is 26.3 Å². The van der Waals surface area contributed by atoms with E-state index in [-0.39, 0.29) is 18.4 Å². The summed E-state index contributed by atoms with van der Waals surface area (Å²) in [5.41, 5.74) is 1.65. The van der Waals surface area contributed by atoms with E-state index in [4.69, 9.17) is 9.15 Å². The molecule has 0 aliphatic carbocycles. The Balaban J connectivity index is 1.45. The molecule has 0 saturated heterocycles. The van der Waals surface area contributed by atoms with Crippen molar-refractivity contribution < 1.29 is 18.7 Å². The maximum atomic E-state index is 11.6. The van der Waals surface area contributed by atoms with Crippen LogP contribution in [0.25, 0.3) is 0 Å². The molecule has 128 valence electrons. The van der Waals surface area contributed by atoms with Crippen molar-refractivity contribution in [1.82, 2.24) is 10.6 Å². The van der Waals surface area contributed by atoms with Crippen LogP contribution in [0.15, 0.2) is 53.3 Å². The summed E-state index contributed by atoms with van der Waals surface area (Å²) in [5, 5.41) is 5.26. The van der Waals surface area contributed by atoms with Gasteiger partial charge in [-0.05, 0) is 24.5 Å². The van der Waals surface area contributed by atoms with Crippen molar-refractivity contribution in [2.45, 2.75) is 12.8 Å². The zero-order chi connectivity index (χ0) is 17.0. The van der Waals surface area contributed by atoms with Crippen molar-refractivity contribution in [3.63, 3.8) is 0 Å². The lowest BCUT2D eigenvalue weighted by atomic mass is 10.2. The predicted molar refractivity (Wildman–Crippen MR) is 89.6 cm³/mol. The number of carbonyl (C=O) groups is 2. The molecule has 0 radical (unpaired) electrons. The molecule has 2 rings (SSSR count). The van der Waals surface area contributed by atoms with Crippen LogP contribution in [-0.4, -0.2) is 38.1 Å². The fourth-order valence-corrected chi connectivity index (χ4v) is 2.06. The number of hydrogen-bond donors (Lipinski definition) is 2. The molecule has 6 heteroatoms. The molecule has 0 saturated carbocycles. The van der Waals surface area contributed by atoms with Gasteiger partial charge in [0.05, 0.1) is 25.0 Å². The molecule has 0 atom stereocenters. The summed E-state index contributed by atoms with van der Waals surface area (Å²) in [6.07, 6.45) is 4.36. The molecule has 2 N–H and O–H groups in total. The molecule has 0 bridgehead atoms. The summed E-state index contributed by atoms with van der Waals surface area (Å²) in [6.45, 7) is 1.72. The van der Waals surface area contributed by atoms with Crippen molar-refractivity contribution >= 4 is 11.8 Å². The minimum absolute atomic E-state index is 0.0567. The number of nitrogens with one attached hydrogen (secondary N) is 2. The van der Waals surface area contributed by atoms with Crippen LogP contribution in [0, 0.1) is 0 Å². The van der Waals surface area contributed by atoms with Crippen molar-refractivity contribution in [3.05, 3.63) is 60.1 Å². The number of hydrogen-bond acceptors (Lipinski definition) is 4. The van der Waals surface area contributed by atoms with E-state index >= 15 is 0 Å². The number of rotatable bonds is 10. The second kappa shape index (κ2) is 10.2. The van der Waals surface area contributed by atoms with Gasteiger partial charge in [-0.1, -0.05) is 30.3 Å². The molecule has 2 amide bonds. The van der Waals surface area contributed by atoms with E-state index in [2.05, 4.69) is 22.8 Å². The van der Waals surface area contributed by atoms with Gasteiger partial charge in [-0.25, -0.2) is 0 Å². The molecule has 0 fully saturated rings. The van der Waals surface area contributed by atoms with Gasteiger partial charge in [0.15, 0.2) is 0 Å². The van der Waals surface area contributed by atoms with Crippen LogP contribution in [0.3, 0.4) is 0 Å². The summed E-state index contributed by atoms with van der Waals surface area (Å²) in [5.74, 6) is -0.556. The predicted octanol–water partition coefficient (Wildman–Crippen LogP) is 1.77. The van der Waals surface area contributed by atoms with Crippen LogP contribution < -0.4 is 10.6 Å². The maximum absolute atomic E-state index is 11.6. The lowest BCUT2D eigenvalue weighted by Gasteiger charge is -2.07. The van der Waals surface area contributed by atoms with E-state index in [1.54, 1.807) is 6.07 Å². The van der Waals surface area contributed by atoms with Gasteiger partial charge in [0.2, 0.25) is 5.91 Å². The fourth-order valence-electron chi connectivity index (χ4n) is 2.06. The zero-order valence-electron chi connectivity index (χ0n) is 13.5. The topological polar surface area (TPSA) is 80.6 Å². The smallest absolute Gasteiger partial charge is 0.254 e. The lowest BCUT2D eigenvalue weighted by Crippen LogP contribution is -2.37. The Labute approximate surface area is 141 Å². The Kier molecular flexibility index (Phi) is 7.56. The molecule has 0 spiro atoms. The van der Waals surface area contributed by atoms with E-state index in [1.165, 1.54) is 18.1 Å². The molecule has 0 aliphatic rings. The quantitative estimate of drug-likeness (QED) is 0.651. The second-order valence-corrected chi connectivity index (χ2v) is 5.25. The molecular weight excluding hydrogens is 308 g/mol. The SMILES string of the molecule is O=C(CNC(=O)c1ccoc1)NCCCOCCc1ccccc1. The number of amides is 2. The maximum Gasteiger partial charge on any atom is 0.254 e. The molecule has 2 aromatic rings. The van der Waals surface area contributed by atoms with Crippen LogP contribution in [0.1, 0.15) is 22.3 Å². The minimum atomic E-state index is -0.330. The number of furan rings is 1. The third kappa shape index (κ3) is 6.66. The summed E-state index contributed by atoms with van der Waals surface area (Å²) >= 11 is 0. The van der Waals surface area contributed by atoms with Crippen LogP contribution in [-0.2, 0) is 16.0 Å². The molecule has 24 heavy (non-hydrogen) atoms. The zero-order valence-corrected chi connectivity index (χ0v) is 13.5. The first-order valence-electron chi connectivity index (χ1n) is 7.94. The van der Waals surface area contributed by atoms with Gasteiger partial charge >= 0.3 is 0 Å². The van der Waals surface area contributed by atoms with E-state index in [0.717, 1.165) is 12.8 Å². The van der Waals surface area contributed by atoms with Gasteiger partial charge in [-0.2, -0.15) is 0 Å². The number of carbonyl (C=O) groups excluding carboxylic acids is 2. The van der Waals surface area contributed by atoms with Gasteiger partial charge in [0.1, 0.15) is 6.26 Å². The molecule has 0 aliphatic heterocycles. The average molecular weight is 330 g/mol. The fraction of sp³-hybridized carbons (Fsp3) is 0.333. The van der Waals surface area contributed by atoms with Gasteiger partial charge in [-0.15, -0.1) is 0 Å². The van der Waals surface area contributed by atoms with Crippen LogP contribution in [0.4, 0.5) is 0 Å². The third-order valence-corrected chi connectivity index (χ3v) is 3.36. The van der Waals surface area contributed by atoms with E-state index in [0.29, 0.717) is 25.3 Å². The highest BCUT2D eigenvalue weighted by molar-refractivity contribution is 5.96. The molecule has 1 heterocycles. The highest BCUT2D eigenvalue weighted by Crippen LogP contribution is 2.00. The highest BCUT2D eigenvalue weighted by atomic mass is 16.5. The summed E-state index contributed by atoms with van der Waals surface area (Å²) in [4.78, 5) is 23.2. The van der Waals surface area contributed by atoms with Gasteiger partial charge < -0.3 is 19.8 Å². The van der Waals surface area contributed by atoms with E-state index < -0.39 is 0 Å². The van der Waals surface area contributed by atoms with Gasteiger partial charge in [-0.3, -0.25) is 9.59 Å². The van der Waals surface area contributed by atoms with Gasteiger partial charge in [0.25, 0.3) is 5.91 Å². The van der Waals surface area contributed by atoms with E-state index in [1.807, 2.05) is 18.2 Å². The minimum Gasteiger partial charge on any atom is -0.472 e. The Morgan fingerprint density at radius 1 is 1.04 bits per heavy atom.